The molecule has 0 aromatic heterocycles. The van der Waals surface area contributed by atoms with E-state index in [9.17, 15) is 0 Å². The topological polar surface area (TPSA) is 0 Å². The van der Waals surface area contributed by atoms with Crippen molar-refractivity contribution in [3.63, 3.8) is 0 Å². The molecule has 0 aliphatic carbocycles. The first-order chi connectivity index (χ1) is 7.06. The molecule has 0 fully saturated rings. The van der Waals surface area contributed by atoms with Crippen molar-refractivity contribution >= 4 is 27.5 Å². The Labute approximate surface area is 106 Å². The highest BCUT2D eigenvalue weighted by atomic mass is 79.9. The van der Waals surface area contributed by atoms with E-state index < -0.39 is 0 Å². The van der Waals surface area contributed by atoms with Gasteiger partial charge in [0.05, 0.1) is 0 Å². The highest BCUT2D eigenvalue weighted by Crippen LogP contribution is 2.32. The lowest BCUT2D eigenvalue weighted by Crippen LogP contribution is -2.18. The van der Waals surface area contributed by atoms with Gasteiger partial charge < -0.3 is 0 Å². The molecule has 0 spiro atoms. The fourth-order valence-corrected chi connectivity index (χ4v) is 2.59. The maximum Gasteiger partial charge on any atom is 0.0427 e. The molecule has 1 aromatic rings. The van der Waals surface area contributed by atoms with Gasteiger partial charge in [-0.2, -0.15) is 0 Å². The maximum absolute atomic E-state index is 6.45. The molecule has 0 saturated heterocycles. The summed E-state index contributed by atoms with van der Waals surface area (Å²) in [4.78, 5) is 0. The minimum absolute atomic E-state index is 0.212. The summed E-state index contributed by atoms with van der Waals surface area (Å²) in [5.41, 5.74) is 1.33. The summed E-state index contributed by atoms with van der Waals surface area (Å²) in [7, 11) is 0. The molecule has 0 saturated carbocycles. The Morgan fingerprint density at radius 2 is 2.00 bits per heavy atom. The lowest BCUT2D eigenvalue weighted by Gasteiger charge is -2.24. The van der Waals surface area contributed by atoms with E-state index in [4.69, 9.17) is 11.6 Å². The van der Waals surface area contributed by atoms with Crippen molar-refractivity contribution in [2.45, 2.75) is 38.5 Å². The van der Waals surface area contributed by atoms with Gasteiger partial charge in [-0.05, 0) is 30.0 Å². The Balaban J connectivity index is 2.92. The molecule has 0 amide bonds. The molecular weight excluding hydrogens is 272 g/mol. The molecule has 0 heterocycles. The monoisotopic (exact) mass is 288 g/mol. The summed E-state index contributed by atoms with van der Waals surface area (Å²) in [5.74, 6) is 0.958. The van der Waals surface area contributed by atoms with Crippen LogP contribution in [0.25, 0.3) is 0 Å². The van der Waals surface area contributed by atoms with Gasteiger partial charge in [0.1, 0.15) is 0 Å². The number of hydrogen-bond acceptors (Lipinski definition) is 0. The molecule has 2 heteroatoms. The van der Waals surface area contributed by atoms with Gasteiger partial charge in [-0.3, -0.25) is 0 Å². The average molecular weight is 290 g/mol. The zero-order valence-corrected chi connectivity index (χ0v) is 11.8. The van der Waals surface area contributed by atoms with E-state index in [0.717, 1.165) is 10.9 Å². The summed E-state index contributed by atoms with van der Waals surface area (Å²) >= 11 is 9.96. The quantitative estimate of drug-likeness (QED) is 0.668. The fraction of sp³-hybridized carbons (Fsp3) is 0.538. The van der Waals surface area contributed by atoms with E-state index in [2.05, 4.69) is 61.0 Å². The van der Waals surface area contributed by atoms with E-state index in [1.54, 1.807) is 0 Å². The predicted octanol–water partition coefficient (Wildman–Crippen LogP) is 5.21. The smallest absolute Gasteiger partial charge is 0.0427 e. The van der Waals surface area contributed by atoms with Gasteiger partial charge in [0, 0.05) is 15.8 Å². The normalized spacial score (nSPS) is 15.3. The van der Waals surface area contributed by atoms with Crippen molar-refractivity contribution in [2.75, 3.05) is 0 Å². The lowest BCUT2D eigenvalue weighted by atomic mass is 9.88. The van der Waals surface area contributed by atoms with Crippen molar-refractivity contribution in [3.8, 4) is 0 Å². The minimum Gasteiger partial charge on any atom is -0.122 e. The molecule has 15 heavy (non-hydrogen) atoms. The van der Waals surface area contributed by atoms with Crippen LogP contribution in [-0.4, -0.2) is 5.38 Å². The van der Waals surface area contributed by atoms with Crippen molar-refractivity contribution < 1.29 is 0 Å². The molecule has 0 N–H and O–H groups in total. The van der Waals surface area contributed by atoms with Gasteiger partial charge >= 0.3 is 0 Å². The lowest BCUT2D eigenvalue weighted by molar-refractivity contribution is 0.499. The third-order valence-corrected chi connectivity index (χ3v) is 4.04. The standard InChI is InChI=1S/C13H18BrCl/c1-4-12(13(15)9(2)3)10-6-5-7-11(14)8-10/h5-9,12-13H,4H2,1-3H3. The summed E-state index contributed by atoms with van der Waals surface area (Å²) < 4.78 is 1.13. The van der Waals surface area contributed by atoms with Crippen molar-refractivity contribution in [1.29, 1.82) is 0 Å². The summed E-state index contributed by atoms with van der Waals surface area (Å²) in [6.07, 6.45) is 1.09. The van der Waals surface area contributed by atoms with Crippen LogP contribution in [-0.2, 0) is 0 Å². The molecule has 0 aliphatic rings. The number of halogens is 2. The molecule has 0 bridgehead atoms. The molecule has 0 nitrogen and oxygen atoms in total. The second-order valence-electron chi connectivity index (χ2n) is 4.26. The van der Waals surface area contributed by atoms with Gasteiger partial charge in [0.2, 0.25) is 0 Å². The molecule has 2 unspecified atom stereocenters. The number of alkyl halides is 1. The van der Waals surface area contributed by atoms with Crippen molar-refractivity contribution in [2.24, 2.45) is 5.92 Å². The van der Waals surface area contributed by atoms with Crippen LogP contribution < -0.4 is 0 Å². The fourth-order valence-electron chi connectivity index (χ4n) is 1.85. The van der Waals surface area contributed by atoms with Crippen LogP contribution in [0.1, 0.15) is 38.7 Å². The molecule has 84 valence electrons. The van der Waals surface area contributed by atoms with Gasteiger partial charge in [-0.1, -0.05) is 48.8 Å². The first-order valence-electron chi connectivity index (χ1n) is 5.45. The van der Waals surface area contributed by atoms with Crippen LogP contribution in [0.15, 0.2) is 28.7 Å². The number of hydrogen-bond donors (Lipinski definition) is 0. The van der Waals surface area contributed by atoms with Crippen molar-refractivity contribution in [1.82, 2.24) is 0 Å². The third kappa shape index (κ3) is 3.49. The zero-order chi connectivity index (χ0) is 11.4. The first kappa shape index (κ1) is 13.1. The average Bonchev–Trinajstić information content (AvgIpc) is 2.18. The highest BCUT2D eigenvalue weighted by molar-refractivity contribution is 9.10. The Morgan fingerprint density at radius 1 is 1.33 bits per heavy atom. The van der Waals surface area contributed by atoms with Gasteiger partial charge in [-0.25, -0.2) is 0 Å². The highest BCUT2D eigenvalue weighted by Gasteiger charge is 2.22. The third-order valence-electron chi connectivity index (χ3n) is 2.74. The van der Waals surface area contributed by atoms with Crippen LogP contribution >= 0.6 is 27.5 Å². The molecule has 2 atom stereocenters. The van der Waals surface area contributed by atoms with Gasteiger partial charge in [-0.15, -0.1) is 11.6 Å². The molecule has 0 aliphatic heterocycles. The van der Waals surface area contributed by atoms with Crippen LogP contribution in [0.5, 0.6) is 0 Å². The van der Waals surface area contributed by atoms with E-state index in [1.807, 2.05) is 0 Å². The second-order valence-corrected chi connectivity index (χ2v) is 5.68. The summed E-state index contributed by atoms with van der Waals surface area (Å²) in [6, 6.07) is 8.46. The van der Waals surface area contributed by atoms with Gasteiger partial charge in [0.25, 0.3) is 0 Å². The van der Waals surface area contributed by atoms with E-state index in [0.29, 0.717) is 11.8 Å². The van der Waals surface area contributed by atoms with Crippen LogP contribution in [0, 0.1) is 5.92 Å². The summed E-state index contributed by atoms with van der Waals surface area (Å²) in [6.45, 7) is 6.56. The Kier molecular flexibility index (Phi) is 5.14. The molecule has 0 radical (unpaired) electrons. The molecule has 1 rings (SSSR count). The van der Waals surface area contributed by atoms with Gasteiger partial charge in [0.15, 0.2) is 0 Å². The Hall–Kier alpha value is -0.0100. The molecule has 1 aromatic carbocycles. The first-order valence-corrected chi connectivity index (χ1v) is 6.68. The largest absolute Gasteiger partial charge is 0.122 e. The SMILES string of the molecule is CCC(c1cccc(Br)c1)C(Cl)C(C)C. The van der Waals surface area contributed by atoms with E-state index in [-0.39, 0.29) is 5.38 Å². The number of benzene rings is 1. The summed E-state index contributed by atoms with van der Waals surface area (Å²) in [5, 5.41) is 0.212. The Morgan fingerprint density at radius 3 is 2.47 bits per heavy atom. The van der Waals surface area contributed by atoms with Crippen LogP contribution in [0.3, 0.4) is 0 Å². The second kappa shape index (κ2) is 5.91. The Bertz CT molecular complexity index is 309. The zero-order valence-electron chi connectivity index (χ0n) is 9.50. The van der Waals surface area contributed by atoms with Crippen LogP contribution in [0.2, 0.25) is 0 Å². The van der Waals surface area contributed by atoms with Crippen molar-refractivity contribution in [3.05, 3.63) is 34.3 Å². The number of rotatable bonds is 4. The minimum atomic E-state index is 0.212. The molecular formula is C13H18BrCl. The predicted molar refractivity (Wildman–Crippen MR) is 71.7 cm³/mol. The van der Waals surface area contributed by atoms with Crippen LogP contribution in [0.4, 0.5) is 0 Å². The van der Waals surface area contributed by atoms with E-state index in [1.165, 1.54) is 5.56 Å². The maximum atomic E-state index is 6.45. The van der Waals surface area contributed by atoms with E-state index >= 15 is 0 Å².